The summed E-state index contributed by atoms with van der Waals surface area (Å²) >= 11 is 0. The first-order valence-corrected chi connectivity index (χ1v) is 9.16. The molecule has 3 rings (SSSR count). The van der Waals surface area contributed by atoms with Crippen LogP contribution >= 0.6 is 0 Å². The first-order valence-electron chi connectivity index (χ1n) is 7.72. The van der Waals surface area contributed by atoms with E-state index in [9.17, 15) is 8.42 Å². The van der Waals surface area contributed by atoms with E-state index in [1.165, 1.54) is 12.8 Å². The van der Waals surface area contributed by atoms with Crippen molar-refractivity contribution in [1.29, 1.82) is 0 Å². The third kappa shape index (κ3) is 2.86. The van der Waals surface area contributed by atoms with Crippen molar-refractivity contribution >= 4 is 10.0 Å². The van der Waals surface area contributed by atoms with Gasteiger partial charge in [0.25, 0.3) is 10.0 Å². The van der Waals surface area contributed by atoms with Gasteiger partial charge in [0, 0.05) is 32.4 Å². The summed E-state index contributed by atoms with van der Waals surface area (Å²) in [6.45, 7) is 4.12. The number of hydrogen-bond acceptors (Lipinski definition) is 4. The number of nitrogens with zero attached hydrogens (tertiary/aromatic N) is 3. The lowest BCUT2D eigenvalue weighted by atomic mass is 9.91. The van der Waals surface area contributed by atoms with E-state index in [1.807, 2.05) is 14.0 Å². The smallest absolute Gasteiger partial charge is 0.262 e. The highest BCUT2D eigenvalue weighted by Gasteiger charge is 2.35. The SMILES string of the molecule is Cc1nc(S(=O)(=O)N2CCCC(C3CCCN3)C2)cn1C. The molecule has 0 spiro atoms. The molecule has 7 heteroatoms. The molecule has 0 aromatic carbocycles. The molecule has 0 aliphatic carbocycles. The molecule has 1 N–H and O–H groups in total. The molecule has 6 nitrogen and oxygen atoms in total. The Labute approximate surface area is 126 Å². The summed E-state index contributed by atoms with van der Waals surface area (Å²) in [7, 11) is -1.63. The fourth-order valence-electron chi connectivity index (χ4n) is 3.42. The van der Waals surface area contributed by atoms with Crippen LogP contribution in [0.1, 0.15) is 31.5 Å². The van der Waals surface area contributed by atoms with Crippen LogP contribution in [0.2, 0.25) is 0 Å². The number of sulfonamides is 1. The largest absolute Gasteiger partial charge is 0.337 e. The lowest BCUT2D eigenvalue weighted by Gasteiger charge is -2.34. The van der Waals surface area contributed by atoms with Crippen LogP contribution < -0.4 is 5.32 Å². The van der Waals surface area contributed by atoms with E-state index >= 15 is 0 Å². The second kappa shape index (κ2) is 5.70. The highest BCUT2D eigenvalue weighted by Crippen LogP contribution is 2.28. The molecule has 2 aliphatic rings. The summed E-state index contributed by atoms with van der Waals surface area (Å²) in [5, 5.41) is 3.69. The van der Waals surface area contributed by atoms with Crippen molar-refractivity contribution in [2.45, 2.75) is 43.7 Å². The van der Waals surface area contributed by atoms with Crippen LogP contribution in [0.4, 0.5) is 0 Å². The molecule has 0 bridgehead atoms. The zero-order valence-corrected chi connectivity index (χ0v) is 13.6. The van der Waals surface area contributed by atoms with E-state index in [-0.39, 0.29) is 5.03 Å². The lowest BCUT2D eigenvalue weighted by Crippen LogP contribution is -2.45. The number of aromatic nitrogens is 2. The normalized spacial score (nSPS) is 28.1. The van der Waals surface area contributed by atoms with E-state index in [0.29, 0.717) is 25.0 Å². The summed E-state index contributed by atoms with van der Waals surface area (Å²) in [4.78, 5) is 4.20. The monoisotopic (exact) mass is 312 g/mol. The Bertz CT molecular complexity index is 585. The van der Waals surface area contributed by atoms with Gasteiger partial charge in [-0.25, -0.2) is 13.4 Å². The molecule has 2 fully saturated rings. The highest BCUT2D eigenvalue weighted by molar-refractivity contribution is 7.89. The van der Waals surface area contributed by atoms with E-state index in [0.717, 1.165) is 25.2 Å². The van der Waals surface area contributed by atoms with Gasteiger partial charge in [-0.2, -0.15) is 4.31 Å². The van der Waals surface area contributed by atoms with Gasteiger partial charge in [-0.15, -0.1) is 0 Å². The van der Waals surface area contributed by atoms with Crippen molar-refractivity contribution in [2.75, 3.05) is 19.6 Å². The molecule has 21 heavy (non-hydrogen) atoms. The minimum Gasteiger partial charge on any atom is -0.337 e. The minimum absolute atomic E-state index is 0.183. The summed E-state index contributed by atoms with van der Waals surface area (Å²) < 4.78 is 28.9. The zero-order valence-electron chi connectivity index (χ0n) is 12.7. The van der Waals surface area contributed by atoms with Gasteiger partial charge in [0.05, 0.1) is 0 Å². The topological polar surface area (TPSA) is 67.2 Å². The Kier molecular flexibility index (Phi) is 4.07. The molecule has 0 amide bonds. The Morgan fingerprint density at radius 3 is 2.76 bits per heavy atom. The Morgan fingerprint density at radius 2 is 2.14 bits per heavy atom. The third-order valence-electron chi connectivity index (χ3n) is 4.78. The van der Waals surface area contributed by atoms with Crippen LogP contribution in [0.3, 0.4) is 0 Å². The van der Waals surface area contributed by atoms with Gasteiger partial charge in [-0.1, -0.05) is 0 Å². The Balaban J connectivity index is 1.78. The molecule has 1 aromatic heterocycles. The summed E-state index contributed by atoms with van der Waals surface area (Å²) in [6.07, 6.45) is 6.04. The number of imidazole rings is 1. The van der Waals surface area contributed by atoms with Crippen molar-refractivity contribution in [3.8, 4) is 0 Å². The van der Waals surface area contributed by atoms with Crippen molar-refractivity contribution in [3.63, 3.8) is 0 Å². The van der Waals surface area contributed by atoms with Crippen molar-refractivity contribution in [2.24, 2.45) is 13.0 Å². The number of aryl methyl sites for hydroxylation is 2. The van der Waals surface area contributed by atoms with E-state index in [1.54, 1.807) is 15.1 Å². The van der Waals surface area contributed by atoms with Gasteiger partial charge in [-0.05, 0) is 45.1 Å². The minimum atomic E-state index is -3.45. The van der Waals surface area contributed by atoms with E-state index in [4.69, 9.17) is 0 Å². The van der Waals surface area contributed by atoms with Gasteiger partial charge < -0.3 is 9.88 Å². The van der Waals surface area contributed by atoms with Crippen molar-refractivity contribution in [1.82, 2.24) is 19.2 Å². The van der Waals surface area contributed by atoms with Crippen molar-refractivity contribution in [3.05, 3.63) is 12.0 Å². The van der Waals surface area contributed by atoms with Gasteiger partial charge in [0.15, 0.2) is 5.03 Å². The second-order valence-corrected chi connectivity index (χ2v) is 8.09. The van der Waals surface area contributed by atoms with Gasteiger partial charge in [-0.3, -0.25) is 0 Å². The average molecular weight is 312 g/mol. The molecule has 2 saturated heterocycles. The molecule has 3 heterocycles. The summed E-state index contributed by atoms with van der Waals surface area (Å²) in [6, 6.07) is 0.480. The molecule has 118 valence electrons. The fourth-order valence-corrected chi connectivity index (χ4v) is 4.98. The van der Waals surface area contributed by atoms with Crippen LogP contribution in [0.5, 0.6) is 0 Å². The molecular formula is C14H24N4O2S. The maximum Gasteiger partial charge on any atom is 0.262 e. The number of piperidine rings is 1. The quantitative estimate of drug-likeness (QED) is 0.900. The van der Waals surface area contributed by atoms with Gasteiger partial charge in [0.1, 0.15) is 5.82 Å². The maximum atomic E-state index is 12.7. The molecule has 2 unspecified atom stereocenters. The van der Waals surface area contributed by atoms with Crippen molar-refractivity contribution < 1.29 is 8.42 Å². The Morgan fingerprint density at radius 1 is 1.33 bits per heavy atom. The molecule has 2 atom stereocenters. The number of rotatable bonds is 3. The van der Waals surface area contributed by atoms with Crippen LogP contribution in [0, 0.1) is 12.8 Å². The summed E-state index contributed by atoms with van der Waals surface area (Å²) in [5.74, 6) is 1.15. The molecular weight excluding hydrogens is 288 g/mol. The van der Waals surface area contributed by atoms with E-state index < -0.39 is 10.0 Å². The molecule has 0 saturated carbocycles. The van der Waals surface area contributed by atoms with Gasteiger partial charge in [0.2, 0.25) is 0 Å². The first-order chi connectivity index (χ1) is 9.98. The van der Waals surface area contributed by atoms with Crippen LogP contribution in [-0.2, 0) is 17.1 Å². The molecule has 2 aliphatic heterocycles. The van der Waals surface area contributed by atoms with Crippen LogP contribution in [0.15, 0.2) is 11.2 Å². The van der Waals surface area contributed by atoms with Crippen LogP contribution in [0.25, 0.3) is 0 Å². The predicted octanol–water partition coefficient (Wildman–Crippen LogP) is 0.881. The third-order valence-corrected chi connectivity index (χ3v) is 6.52. The maximum absolute atomic E-state index is 12.7. The predicted molar refractivity (Wildman–Crippen MR) is 80.5 cm³/mol. The Hall–Kier alpha value is -0.920. The summed E-state index contributed by atoms with van der Waals surface area (Å²) in [5.41, 5.74) is 0. The number of nitrogens with one attached hydrogen (secondary N) is 1. The lowest BCUT2D eigenvalue weighted by molar-refractivity contribution is 0.226. The van der Waals surface area contributed by atoms with E-state index in [2.05, 4.69) is 10.3 Å². The second-order valence-electron chi connectivity index (χ2n) is 6.21. The average Bonchev–Trinajstić information content (AvgIpc) is 3.10. The number of hydrogen-bond donors (Lipinski definition) is 1. The highest BCUT2D eigenvalue weighted by atomic mass is 32.2. The standard InChI is InChI=1S/C14H24N4O2S/c1-11-16-14(10-17(11)2)21(19,20)18-8-4-5-12(9-18)13-6-3-7-15-13/h10,12-13,15H,3-9H2,1-2H3. The first kappa shape index (κ1) is 15.0. The fraction of sp³-hybridized carbons (Fsp3) is 0.786. The van der Waals surface area contributed by atoms with Crippen LogP contribution in [-0.4, -0.2) is 48.0 Å². The molecule has 1 aromatic rings. The zero-order chi connectivity index (χ0) is 15.0. The van der Waals surface area contributed by atoms with Gasteiger partial charge >= 0.3 is 0 Å². The molecule has 0 radical (unpaired) electrons.